The molecule has 0 spiro atoms. The molecule has 1 aliphatic rings. The van der Waals surface area contributed by atoms with Crippen LogP contribution in [0, 0.1) is 11.8 Å². The van der Waals surface area contributed by atoms with Gasteiger partial charge in [-0.1, -0.05) is 37.1 Å². The van der Waals surface area contributed by atoms with Crippen molar-refractivity contribution in [2.24, 2.45) is 11.8 Å². The lowest BCUT2D eigenvalue weighted by Gasteiger charge is -2.27. The number of ether oxygens (including phenoxy) is 2. The molecule has 0 heterocycles. The predicted molar refractivity (Wildman–Crippen MR) is 145 cm³/mol. The summed E-state index contributed by atoms with van der Waals surface area (Å²) in [6.45, 7) is 4.00. The van der Waals surface area contributed by atoms with Gasteiger partial charge in [0.25, 0.3) is 0 Å². The van der Waals surface area contributed by atoms with E-state index < -0.39 is 5.97 Å². The molecule has 3 rings (SSSR count). The molecule has 0 radical (unpaired) electrons. The summed E-state index contributed by atoms with van der Waals surface area (Å²) in [7, 11) is 0. The molecule has 2 aromatic rings. The van der Waals surface area contributed by atoms with Gasteiger partial charge in [-0.05, 0) is 85.9 Å². The second-order valence-electron chi connectivity index (χ2n) is 9.49. The fraction of sp³-hybridized carbons (Fsp3) is 0.400. The Bertz CT molecular complexity index is 1040. The fourth-order valence-electron chi connectivity index (χ4n) is 4.57. The molecule has 1 aliphatic carbocycles. The van der Waals surface area contributed by atoms with Gasteiger partial charge in [0.2, 0.25) is 0 Å². The first kappa shape index (κ1) is 27.1. The minimum absolute atomic E-state index is 0.0210. The molecule has 0 aromatic heterocycles. The van der Waals surface area contributed by atoms with Crippen molar-refractivity contribution in [2.75, 3.05) is 18.1 Å². The van der Waals surface area contributed by atoms with Gasteiger partial charge >= 0.3 is 11.9 Å². The Hall–Kier alpha value is -3.54. The van der Waals surface area contributed by atoms with Crippen LogP contribution in [-0.2, 0) is 20.7 Å². The van der Waals surface area contributed by atoms with Crippen molar-refractivity contribution in [3.05, 3.63) is 72.3 Å². The Balaban J connectivity index is 1.37. The first-order valence-electron chi connectivity index (χ1n) is 12.9. The van der Waals surface area contributed by atoms with E-state index in [0.29, 0.717) is 23.5 Å². The number of nitrogens with two attached hydrogens (primary N) is 2. The molecule has 1 saturated carbocycles. The van der Waals surface area contributed by atoms with Crippen LogP contribution in [0.4, 0.5) is 11.4 Å². The lowest BCUT2D eigenvalue weighted by molar-refractivity contribution is -0.140. The molecule has 6 heteroatoms. The quantitative estimate of drug-likeness (QED) is 0.0929. The summed E-state index contributed by atoms with van der Waals surface area (Å²) in [4.78, 5) is 24.6. The smallest absolute Gasteiger partial charge is 0.330 e. The molecule has 2 aromatic carbocycles. The Morgan fingerprint density at radius 1 is 1.00 bits per heavy atom. The van der Waals surface area contributed by atoms with E-state index in [1.807, 2.05) is 24.3 Å². The van der Waals surface area contributed by atoms with Crippen LogP contribution in [0.25, 0.3) is 6.08 Å². The van der Waals surface area contributed by atoms with Gasteiger partial charge in [-0.3, -0.25) is 4.79 Å². The lowest BCUT2D eigenvalue weighted by atomic mass is 9.80. The topological polar surface area (TPSA) is 105 Å². The summed E-state index contributed by atoms with van der Waals surface area (Å²) in [5, 5.41) is 0. The van der Waals surface area contributed by atoms with Crippen molar-refractivity contribution >= 4 is 29.4 Å². The number of hydrogen-bond acceptors (Lipinski definition) is 6. The molecule has 0 saturated heterocycles. The molecule has 36 heavy (non-hydrogen) atoms. The molecule has 0 aliphatic heterocycles. The number of anilines is 2. The monoisotopic (exact) mass is 490 g/mol. The van der Waals surface area contributed by atoms with Gasteiger partial charge in [-0.15, -0.1) is 6.58 Å². The Kier molecular flexibility index (Phi) is 10.6. The van der Waals surface area contributed by atoms with E-state index >= 15 is 0 Å². The third-order valence-electron chi connectivity index (χ3n) is 6.75. The molecule has 0 atom stereocenters. The van der Waals surface area contributed by atoms with Crippen molar-refractivity contribution in [3.8, 4) is 5.75 Å². The highest BCUT2D eigenvalue weighted by Crippen LogP contribution is 2.33. The molecular weight excluding hydrogens is 452 g/mol. The summed E-state index contributed by atoms with van der Waals surface area (Å²) < 4.78 is 10.9. The van der Waals surface area contributed by atoms with Crippen molar-refractivity contribution in [1.29, 1.82) is 0 Å². The Labute approximate surface area is 214 Å². The van der Waals surface area contributed by atoms with E-state index in [9.17, 15) is 9.59 Å². The minimum atomic E-state index is -0.434. The highest BCUT2D eigenvalue weighted by molar-refractivity contribution is 5.87. The van der Waals surface area contributed by atoms with E-state index in [-0.39, 0.29) is 18.5 Å². The predicted octanol–water partition coefficient (Wildman–Crippen LogP) is 6.11. The average Bonchev–Trinajstić information content (AvgIpc) is 2.88. The second kappa shape index (κ2) is 14.1. The number of esters is 2. The summed E-state index contributed by atoms with van der Waals surface area (Å²) in [6.07, 6.45) is 14.3. The SMILES string of the molecule is C=CCCCCC1CCC(C(=O)Oc2ccc(C=CC(=O)OCCc3ccc(N)cc3N)cc2)CC1. The molecule has 0 bridgehead atoms. The minimum Gasteiger partial charge on any atom is -0.462 e. The van der Waals surface area contributed by atoms with Crippen LogP contribution in [-0.4, -0.2) is 18.5 Å². The molecule has 0 amide bonds. The maximum absolute atomic E-state index is 12.6. The Morgan fingerprint density at radius 2 is 1.75 bits per heavy atom. The lowest BCUT2D eigenvalue weighted by Crippen LogP contribution is -2.25. The van der Waals surface area contributed by atoms with Gasteiger partial charge in [0.1, 0.15) is 5.75 Å². The van der Waals surface area contributed by atoms with Gasteiger partial charge in [0.05, 0.1) is 12.5 Å². The standard InChI is InChI=1S/C30H38N2O4/c1-2-3-4-5-6-22-7-12-25(13-8-22)30(34)36-27-16-9-23(10-17-27)11-18-29(33)35-20-19-24-14-15-26(31)21-28(24)32/h2,9-11,14-18,21-22,25H,1,3-8,12-13,19-20,31-32H2. The number of rotatable bonds is 12. The third kappa shape index (κ3) is 8.91. The van der Waals surface area contributed by atoms with Gasteiger partial charge < -0.3 is 20.9 Å². The number of benzene rings is 2. The normalized spacial score (nSPS) is 17.6. The van der Waals surface area contributed by atoms with Gasteiger partial charge in [-0.2, -0.15) is 0 Å². The van der Waals surface area contributed by atoms with Crippen molar-refractivity contribution in [3.63, 3.8) is 0 Å². The number of carbonyl (C=O) groups excluding carboxylic acids is 2. The van der Waals surface area contributed by atoms with Gasteiger partial charge in [-0.25, -0.2) is 4.79 Å². The van der Waals surface area contributed by atoms with Crippen LogP contribution in [0.2, 0.25) is 0 Å². The maximum Gasteiger partial charge on any atom is 0.330 e. The number of carbonyl (C=O) groups is 2. The van der Waals surface area contributed by atoms with E-state index in [2.05, 4.69) is 6.58 Å². The van der Waals surface area contributed by atoms with E-state index in [0.717, 1.165) is 49.1 Å². The largest absolute Gasteiger partial charge is 0.462 e. The van der Waals surface area contributed by atoms with Crippen LogP contribution < -0.4 is 16.2 Å². The summed E-state index contributed by atoms with van der Waals surface area (Å²) in [5.41, 5.74) is 14.5. The molecular formula is C30H38N2O4. The number of hydrogen-bond donors (Lipinski definition) is 2. The molecule has 4 N–H and O–H groups in total. The zero-order chi connectivity index (χ0) is 25.8. The first-order chi connectivity index (χ1) is 17.4. The first-order valence-corrected chi connectivity index (χ1v) is 12.9. The molecule has 192 valence electrons. The van der Waals surface area contributed by atoms with Gasteiger partial charge in [0, 0.05) is 23.9 Å². The summed E-state index contributed by atoms with van der Waals surface area (Å²) in [6, 6.07) is 12.4. The van der Waals surface area contributed by atoms with Crippen LogP contribution in [0.15, 0.2) is 61.2 Å². The maximum atomic E-state index is 12.6. The number of allylic oxidation sites excluding steroid dienone is 1. The average molecular weight is 491 g/mol. The van der Waals surface area contributed by atoms with E-state index in [1.165, 1.54) is 25.3 Å². The van der Waals surface area contributed by atoms with Gasteiger partial charge in [0.15, 0.2) is 0 Å². The fourth-order valence-corrected chi connectivity index (χ4v) is 4.57. The highest BCUT2D eigenvalue weighted by Gasteiger charge is 2.27. The van der Waals surface area contributed by atoms with E-state index in [4.69, 9.17) is 20.9 Å². The van der Waals surface area contributed by atoms with Crippen molar-refractivity contribution in [2.45, 2.75) is 57.8 Å². The second-order valence-corrected chi connectivity index (χ2v) is 9.49. The van der Waals surface area contributed by atoms with Crippen LogP contribution >= 0.6 is 0 Å². The Morgan fingerprint density at radius 3 is 2.44 bits per heavy atom. The van der Waals surface area contributed by atoms with Crippen LogP contribution in [0.3, 0.4) is 0 Å². The molecule has 0 unspecified atom stereocenters. The number of nitrogen functional groups attached to an aromatic ring is 2. The van der Waals surface area contributed by atoms with Crippen LogP contribution in [0.1, 0.15) is 62.5 Å². The highest BCUT2D eigenvalue weighted by atomic mass is 16.5. The zero-order valence-corrected chi connectivity index (χ0v) is 21.0. The molecule has 6 nitrogen and oxygen atoms in total. The third-order valence-corrected chi connectivity index (χ3v) is 6.75. The zero-order valence-electron chi connectivity index (χ0n) is 21.0. The summed E-state index contributed by atoms with van der Waals surface area (Å²) in [5.74, 6) is 0.650. The molecule has 1 fully saturated rings. The number of unbranched alkanes of at least 4 members (excludes halogenated alkanes) is 2. The van der Waals surface area contributed by atoms with Crippen molar-refractivity contribution in [1.82, 2.24) is 0 Å². The summed E-state index contributed by atoms with van der Waals surface area (Å²) >= 11 is 0. The van der Waals surface area contributed by atoms with Crippen molar-refractivity contribution < 1.29 is 19.1 Å². The van der Waals surface area contributed by atoms with Crippen LogP contribution in [0.5, 0.6) is 5.75 Å². The van der Waals surface area contributed by atoms with E-state index in [1.54, 1.807) is 30.3 Å².